The Morgan fingerprint density at radius 3 is 2.15 bits per heavy atom. The highest BCUT2D eigenvalue weighted by atomic mass is 19.4. The average molecular weight is 280 g/mol. The number of hydrogen-bond donors (Lipinski definition) is 0. The first-order chi connectivity index (χ1) is 9.51. The van der Waals surface area contributed by atoms with Crippen LogP contribution < -0.4 is 0 Å². The molecule has 0 amide bonds. The molecular formula is C16H15F3O. The van der Waals surface area contributed by atoms with Crippen LogP contribution in [0.15, 0.2) is 54.6 Å². The zero-order valence-electron chi connectivity index (χ0n) is 11.0. The highest BCUT2D eigenvalue weighted by Gasteiger charge is 2.33. The predicted molar refractivity (Wildman–Crippen MR) is 72.3 cm³/mol. The third-order valence-corrected chi connectivity index (χ3v) is 3.09. The van der Waals surface area contributed by atoms with E-state index in [-0.39, 0.29) is 0 Å². The summed E-state index contributed by atoms with van der Waals surface area (Å²) in [6.07, 6.45) is -6.25. The van der Waals surface area contributed by atoms with Gasteiger partial charge in [0.05, 0.1) is 12.5 Å². The zero-order valence-corrected chi connectivity index (χ0v) is 11.0. The van der Waals surface area contributed by atoms with E-state index in [1.54, 1.807) is 12.1 Å². The van der Waals surface area contributed by atoms with Gasteiger partial charge < -0.3 is 4.74 Å². The van der Waals surface area contributed by atoms with E-state index in [9.17, 15) is 13.2 Å². The number of methoxy groups -OCH3 is 1. The summed E-state index contributed by atoms with van der Waals surface area (Å²) in [5.41, 5.74) is 2.20. The fourth-order valence-electron chi connectivity index (χ4n) is 2.19. The van der Waals surface area contributed by atoms with E-state index in [1.165, 1.54) is 7.11 Å². The minimum atomic E-state index is -4.26. The van der Waals surface area contributed by atoms with Gasteiger partial charge in [0.25, 0.3) is 0 Å². The first-order valence-electron chi connectivity index (χ1n) is 6.25. The van der Waals surface area contributed by atoms with Crippen LogP contribution in [0, 0.1) is 0 Å². The fraction of sp³-hybridized carbons (Fsp3) is 0.250. The highest BCUT2D eigenvalue weighted by Crippen LogP contribution is 2.36. The molecule has 0 aliphatic heterocycles. The third-order valence-electron chi connectivity index (χ3n) is 3.09. The molecule has 2 aromatic rings. The number of alkyl halides is 3. The largest absolute Gasteiger partial charge is 0.391 e. The lowest BCUT2D eigenvalue weighted by atomic mass is 9.95. The molecular weight excluding hydrogens is 265 g/mol. The Kier molecular flexibility index (Phi) is 4.45. The summed E-state index contributed by atoms with van der Waals surface area (Å²) in [4.78, 5) is 0. The molecule has 0 bridgehead atoms. The normalized spacial score (nSPS) is 13.2. The van der Waals surface area contributed by atoms with E-state index in [0.717, 1.165) is 11.1 Å². The minimum Gasteiger partial charge on any atom is -0.376 e. The molecule has 0 spiro atoms. The topological polar surface area (TPSA) is 9.23 Å². The van der Waals surface area contributed by atoms with Gasteiger partial charge in [0.2, 0.25) is 0 Å². The Morgan fingerprint density at radius 1 is 0.950 bits per heavy atom. The van der Waals surface area contributed by atoms with Gasteiger partial charge in [-0.2, -0.15) is 13.2 Å². The van der Waals surface area contributed by atoms with Crippen molar-refractivity contribution >= 4 is 0 Å². The lowest BCUT2D eigenvalue weighted by Crippen LogP contribution is -2.15. The van der Waals surface area contributed by atoms with Gasteiger partial charge in [0, 0.05) is 7.11 Å². The number of halogens is 3. The first kappa shape index (κ1) is 14.6. The first-order valence-corrected chi connectivity index (χ1v) is 6.25. The molecule has 0 aliphatic carbocycles. The molecule has 0 radical (unpaired) electrons. The van der Waals surface area contributed by atoms with Crippen LogP contribution in [0.5, 0.6) is 0 Å². The summed E-state index contributed by atoms with van der Waals surface area (Å²) in [5, 5.41) is 0. The second-order valence-corrected chi connectivity index (χ2v) is 4.50. The van der Waals surface area contributed by atoms with Gasteiger partial charge in [0.1, 0.15) is 0 Å². The molecule has 106 valence electrons. The van der Waals surface area contributed by atoms with Crippen molar-refractivity contribution in [2.24, 2.45) is 0 Å². The molecule has 0 aromatic heterocycles. The van der Waals surface area contributed by atoms with Crippen LogP contribution in [0.3, 0.4) is 0 Å². The van der Waals surface area contributed by atoms with E-state index in [0.29, 0.717) is 5.56 Å². The molecule has 1 nitrogen and oxygen atoms in total. The standard InChI is InChI=1S/C16H15F3O/c1-20-15(11-16(17,18)19)14-10-6-5-9-13(14)12-7-3-2-4-8-12/h2-10,15H,11H2,1H3. The summed E-state index contributed by atoms with van der Waals surface area (Å²) in [6.45, 7) is 0. The van der Waals surface area contributed by atoms with Crippen LogP contribution in [0.1, 0.15) is 18.1 Å². The molecule has 1 atom stereocenters. The fourth-order valence-corrected chi connectivity index (χ4v) is 2.19. The maximum atomic E-state index is 12.6. The van der Waals surface area contributed by atoms with Crippen molar-refractivity contribution in [3.8, 4) is 11.1 Å². The highest BCUT2D eigenvalue weighted by molar-refractivity contribution is 5.67. The monoisotopic (exact) mass is 280 g/mol. The number of ether oxygens (including phenoxy) is 1. The van der Waals surface area contributed by atoms with Crippen LogP contribution in [0.4, 0.5) is 13.2 Å². The van der Waals surface area contributed by atoms with Crippen molar-refractivity contribution in [3.05, 3.63) is 60.2 Å². The van der Waals surface area contributed by atoms with Crippen molar-refractivity contribution in [2.75, 3.05) is 7.11 Å². The van der Waals surface area contributed by atoms with Crippen molar-refractivity contribution in [1.29, 1.82) is 0 Å². The summed E-state index contributed by atoms with van der Waals surface area (Å²) in [7, 11) is 1.30. The maximum Gasteiger partial charge on any atom is 0.391 e. The maximum absolute atomic E-state index is 12.6. The van der Waals surface area contributed by atoms with E-state index < -0.39 is 18.7 Å². The summed E-state index contributed by atoms with van der Waals surface area (Å²) < 4.78 is 43.0. The molecule has 20 heavy (non-hydrogen) atoms. The second-order valence-electron chi connectivity index (χ2n) is 4.50. The summed E-state index contributed by atoms with van der Waals surface area (Å²) >= 11 is 0. The molecule has 0 saturated carbocycles. The van der Waals surface area contributed by atoms with Crippen LogP contribution in [0.25, 0.3) is 11.1 Å². The Labute approximate surface area is 116 Å². The molecule has 2 rings (SSSR count). The van der Waals surface area contributed by atoms with Gasteiger partial charge in [0.15, 0.2) is 0 Å². The van der Waals surface area contributed by atoms with Crippen LogP contribution in [0.2, 0.25) is 0 Å². The summed E-state index contributed by atoms with van der Waals surface area (Å²) in [6, 6.07) is 16.4. The average Bonchev–Trinajstić information content (AvgIpc) is 2.45. The Bertz CT molecular complexity index is 549. The van der Waals surface area contributed by atoms with Crippen LogP contribution >= 0.6 is 0 Å². The van der Waals surface area contributed by atoms with E-state index in [1.807, 2.05) is 42.5 Å². The molecule has 0 aliphatic rings. The van der Waals surface area contributed by atoms with Gasteiger partial charge in [-0.1, -0.05) is 54.6 Å². The number of rotatable bonds is 4. The van der Waals surface area contributed by atoms with E-state index >= 15 is 0 Å². The van der Waals surface area contributed by atoms with Crippen molar-refractivity contribution in [3.63, 3.8) is 0 Å². The van der Waals surface area contributed by atoms with E-state index in [2.05, 4.69) is 0 Å². The predicted octanol–water partition coefficient (Wildman–Crippen LogP) is 4.99. The molecule has 0 N–H and O–H groups in total. The van der Waals surface area contributed by atoms with Gasteiger partial charge in [-0.25, -0.2) is 0 Å². The molecule has 0 fully saturated rings. The SMILES string of the molecule is COC(CC(F)(F)F)c1ccccc1-c1ccccc1. The molecule has 1 unspecified atom stereocenters. The third kappa shape index (κ3) is 3.61. The van der Waals surface area contributed by atoms with Gasteiger partial charge in [-0.05, 0) is 16.7 Å². The van der Waals surface area contributed by atoms with Crippen LogP contribution in [-0.2, 0) is 4.74 Å². The molecule has 0 saturated heterocycles. The van der Waals surface area contributed by atoms with E-state index in [4.69, 9.17) is 4.74 Å². The molecule has 0 heterocycles. The van der Waals surface area contributed by atoms with Gasteiger partial charge in [-0.3, -0.25) is 0 Å². The molecule has 2 aromatic carbocycles. The van der Waals surface area contributed by atoms with Crippen molar-refractivity contribution in [1.82, 2.24) is 0 Å². The minimum absolute atomic E-state index is 0.554. The number of hydrogen-bond acceptors (Lipinski definition) is 1. The second kappa shape index (κ2) is 6.09. The smallest absolute Gasteiger partial charge is 0.376 e. The summed E-state index contributed by atoms with van der Waals surface area (Å²) in [5.74, 6) is 0. The molecule has 4 heteroatoms. The lowest BCUT2D eigenvalue weighted by Gasteiger charge is -2.20. The van der Waals surface area contributed by atoms with Gasteiger partial charge in [-0.15, -0.1) is 0 Å². The van der Waals surface area contributed by atoms with Crippen LogP contribution in [-0.4, -0.2) is 13.3 Å². The van der Waals surface area contributed by atoms with Crippen molar-refractivity contribution in [2.45, 2.75) is 18.7 Å². The Hall–Kier alpha value is -1.81. The lowest BCUT2D eigenvalue weighted by molar-refractivity contribution is -0.158. The zero-order chi connectivity index (χ0) is 14.6. The van der Waals surface area contributed by atoms with Gasteiger partial charge >= 0.3 is 6.18 Å². The van der Waals surface area contributed by atoms with Crippen molar-refractivity contribution < 1.29 is 17.9 Å². The number of benzene rings is 2. The Balaban J connectivity index is 2.41. The quantitative estimate of drug-likeness (QED) is 0.766. The Morgan fingerprint density at radius 2 is 1.55 bits per heavy atom.